The number of ether oxygens (including phenoxy) is 1. The number of hydrogen-bond acceptors (Lipinski definition) is 7. The number of carbonyl (C=O) groups excluding carboxylic acids is 2. The summed E-state index contributed by atoms with van der Waals surface area (Å²) in [6.45, 7) is 6.70. The number of hydrogen-bond donors (Lipinski definition) is 1. The minimum atomic E-state index is -4.70. The molecule has 430 valence electrons. The predicted octanol–water partition coefficient (Wildman–Crippen LogP) is 18.2. The molecule has 0 aromatic heterocycles. The molecular formula is C64H117N2O7P. The van der Waals surface area contributed by atoms with E-state index in [-0.39, 0.29) is 24.9 Å². The van der Waals surface area contributed by atoms with Crippen molar-refractivity contribution in [1.82, 2.24) is 5.32 Å². The van der Waals surface area contributed by atoms with Crippen LogP contribution in [0.4, 0.5) is 0 Å². The molecule has 3 atom stereocenters. The Kier molecular flexibility index (Phi) is 52.0. The van der Waals surface area contributed by atoms with Crippen molar-refractivity contribution in [3.63, 3.8) is 0 Å². The van der Waals surface area contributed by atoms with Gasteiger partial charge in [0.25, 0.3) is 7.82 Å². The van der Waals surface area contributed by atoms with E-state index in [4.69, 9.17) is 13.8 Å². The number of nitrogens with one attached hydrogen (secondary N) is 1. The second-order valence-corrected chi connectivity index (χ2v) is 23.2. The number of phosphoric acid groups is 1. The van der Waals surface area contributed by atoms with Gasteiger partial charge < -0.3 is 28.5 Å². The molecule has 0 aliphatic heterocycles. The normalized spacial score (nSPS) is 14.2. The van der Waals surface area contributed by atoms with Crippen LogP contribution in [0.15, 0.2) is 72.9 Å². The van der Waals surface area contributed by atoms with Crippen molar-refractivity contribution in [1.29, 1.82) is 0 Å². The molecule has 0 aromatic rings. The first-order valence-corrected chi connectivity index (χ1v) is 32.2. The number of esters is 1. The van der Waals surface area contributed by atoms with E-state index in [1.165, 1.54) is 128 Å². The number of likely N-dealkylation sites (N-methyl/N-ethyl adjacent to an activating group) is 1. The third-order valence-electron chi connectivity index (χ3n) is 13.4. The van der Waals surface area contributed by atoms with Crippen molar-refractivity contribution in [3.05, 3.63) is 72.9 Å². The fourth-order valence-electron chi connectivity index (χ4n) is 8.63. The van der Waals surface area contributed by atoms with Crippen molar-refractivity contribution in [2.45, 2.75) is 283 Å². The number of phosphoric ester groups is 1. The molecule has 0 aliphatic rings. The van der Waals surface area contributed by atoms with Crippen LogP contribution in [0.3, 0.4) is 0 Å². The van der Waals surface area contributed by atoms with Crippen LogP contribution in [0.25, 0.3) is 0 Å². The van der Waals surface area contributed by atoms with Crippen LogP contribution < -0.4 is 10.2 Å². The van der Waals surface area contributed by atoms with E-state index >= 15 is 0 Å². The van der Waals surface area contributed by atoms with Gasteiger partial charge in [-0.2, -0.15) is 0 Å². The molecule has 0 rings (SSSR count). The fourth-order valence-corrected chi connectivity index (χ4v) is 9.35. The van der Waals surface area contributed by atoms with Crippen LogP contribution in [0.5, 0.6) is 0 Å². The molecule has 0 aliphatic carbocycles. The highest BCUT2D eigenvalue weighted by Crippen LogP contribution is 2.38. The number of nitrogens with zero attached hydrogens (tertiary/aromatic N) is 1. The largest absolute Gasteiger partial charge is 0.756 e. The van der Waals surface area contributed by atoms with Gasteiger partial charge in [-0.1, -0.05) is 235 Å². The molecule has 1 N–H and O–H groups in total. The minimum Gasteiger partial charge on any atom is -0.756 e. The second kappa shape index (κ2) is 53.8. The highest BCUT2D eigenvalue weighted by Gasteiger charge is 2.27. The number of amides is 1. The minimum absolute atomic E-state index is 0.0265. The summed E-state index contributed by atoms with van der Waals surface area (Å²) in [7, 11) is 1.17. The molecule has 74 heavy (non-hydrogen) atoms. The third-order valence-corrected chi connectivity index (χ3v) is 14.3. The van der Waals surface area contributed by atoms with E-state index in [2.05, 4.69) is 86.8 Å². The molecule has 9 nitrogen and oxygen atoms in total. The van der Waals surface area contributed by atoms with Crippen LogP contribution in [0.2, 0.25) is 0 Å². The quantitative estimate of drug-likeness (QED) is 0.0212. The summed E-state index contributed by atoms with van der Waals surface area (Å²) >= 11 is 0. The Bertz CT molecular complexity index is 1500. The Morgan fingerprint density at radius 2 is 0.865 bits per heavy atom. The molecule has 0 heterocycles. The summed E-state index contributed by atoms with van der Waals surface area (Å²) in [6.07, 6.45) is 68.7. The lowest BCUT2D eigenvalue weighted by Crippen LogP contribution is -2.47. The summed E-state index contributed by atoms with van der Waals surface area (Å²) in [5.74, 6) is -0.554. The van der Waals surface area contributed by atoms with Gasteiger partial charge in [0.15, 0.2) is 0 Å². The molecule has 10 heteroatoms. The standard InChI is InChI=1S/C64H117N2O7P/c1-7-10-13-16-19-22-25-27-29-30-31-32-33-34-35-36-37-38-41-44-47-50-53-56-63(67)65-61(60-72-74(69,70)71-59-58-66(4,5)6)62(55-52-49-46-43-40-24-21-18-15-12-9-3)73-64(68)57-54-51-48-45-42-39-28-26-23-20-17-14-11-8-2/h11,14,19-20,22-23,27,29,31-32,52,55,61-62H,7-10,12-13,15-18,21,24-26,28,30,33-51,53-54,56-60H2,1-6H3,(H-,65,67,69,70)/b14-11+,22-19-,23-20+,29-27-,32-31-,55-52-. The lowest BCUT2D eigenvalue weighted by molar-refractivity contribution is -0.870. The number of unbranched alkanes of at least 4 members (excludes halogenated alkanes) is 29. The molecule has 0 fully saturated rings. The summed E-state index contributed by atoms with van der Waals surface area (Å²) < 4.78 is 30.3. The smallest absolute Gasteiger partial charge is 0.306 e. The van der Waals surface area contributed by atoms with Crippen molar-refractivity contribution in [3.8, 4) is 0 Å². The van der Waals surface area contributed by atoms with Crippen molar-refractivity contribution in [2.75, 3.05) is 40.9 Å². The molecule has 0 radical (unpaired) electrons. The van der Waals surface area contributed by atoms with Gasteiger partial charge >= 0.3 is 5.97 Å². The van der Waals surface area contributed by atoms with Crippen molar-refractivity contribution in [2.24, 2.45) is 0 Å². The predicted molar refractivity (Wildman–Crippen MR) is 316 cm³/mol. The zero-order valence-electron chi connectivity index (χ0n) is 49.0. The Labute approximate surface area is 457 Å². The van der Waals surface area contributed by atoms with Gasteiger partial charge in [0.05, 0.1) is 33.8 Å². The maximum absolute atomic E-state index is 13.5. The van der Waals surface area contributed by atoms with Crippen molar-refractivity contribution >= 4 is 19.7 Å². The summed E-state index contributed by atoms with van der Waals surface area (Å²) in [5, 5.41) is 3.02. The van der Waals surface area contributed by atoms with E-state index < -0.39 is 26.6 Å². The molecule has 0 spiro atoms. The average molecular weight is 1060 g/mol. The fraction of sp³-hybridized carbons (Fsp3) is 0.781. The highest BCUT2D eigenvalue weighted by molar-refractivity contribution is 7.45. The van der Waals surface area contributed by atoms with Crippen LogP contribution in [-0.2, 0) is 27.9 Å². The van der Waals surface area contributed by atoms with Crippen LogP contribution in [0.1, 0.15) is 271 Å². The molecule has 0 saturated carbocycles. The van der Waals surface area contributed by atoms with E-state index in [1.807, 2.05) is 33.3 Å². The SMILES string of the molecule is CC/C=C/C/C=C/CCCCCCCCCC(=O)OC(/C=C\CCCCCCCCCCC)C(COP(=O)([O-])OCC[N+](C)(C)C)NC(=O)CCCCCCCCCCCC/C=C\C/C=C\C/C=C\CCCCC. The number of rotatable bonds is 55. The zero-order valence-corrected chi connectivity index (χ0v) is 49.9. The summed E-state index contributed by atoms with van der Waals surface area (Å²) in [4.78, 5) is 39.9. The first-order valence-electron chi connectivity index (χ1n) is 30.7. The monoisotopic (exact) mass is 1060 g/mol. The second-order valence-electron chi connectivity index (χ2n) is 21.8. The lowest BCUT2D eigenvalue weighted by Gasteiger charge is -2.30. The molecule has 1 amide bonds. The highest BCUT2D eigenvalue weighted by atomic mass is 31.2. The third kappa shape index (κ3) is 54.2. The van der Waals surface area contributed by atoms with E-state index in [0.717, 1.165) is 109 Å². The zero-order chi connectivity index (χ0) is 54.3. The van der Waals surface area contributed by atoms with Gasteiger partial charge in [-0.3, -0.25) is 14.2 Å². The number of carbonyl (C=O) groups is 2. The van der Waals surface area contributed by atoms with Gasteiger partial charge in [0, 0.05) is 12.8 Å². The van der Waals surface area contributed by atoms with E-state index in [1.54, 1.807) is 0 Å². The molecule has 3 unspecified atom stereocenters. The Morgan fingerprint density at radius 1 is 0.486 bits per heavy atom. The first kappa shape index (κ1) is 71.5. The molecule has 0 bridgehead atoms. The van der Waals surface area contributed by atoms with E-state index in [9.17, 15) is 19.0 Å². The maximum atomic E-state index is 13.5. The number of quaternary nitrogens is 1. The topological polar surface area (TPSA) is 114 Å². The molecule has 0 saturated heterocycles. The number of allylic oxidation sites excluding steroid dienone is 11. The summed E-state index contributed by atoms with van der Waals surface area (Å²) in [5.41, 5.74) is 0. The van der Waals surface area contributed by atoms with Gasteiger partial charge in [0.2, 0.25) is 5.91 Å². The van der Waals surface area contributed by atoms with Gasteiger partial charge in [-0.05, 0) is 96.0 Å². The Balaban J connectivity index is 5.16. The summed E-state index contributed by atoms with van der Waals surface area (Å²) in [6, 6.07) is -0.895. The Hall–Kier alpha value is -2.55. The van der Waals surface area contributed by atoms with Crippen LogP contribution >= 0.6 is 7.82 Å². The van der Waals surface area contributed by atoms with Gasteiger partial charge in [0.1, 0.15) is 19.3 Å². The first-order chi connectivity index (χ1) is 35.9. The van der Waals surface area contributed by atoms with E-state index in [0.29, 0.717) is 17.4 Å². The Morgan fingerprint density at radius 3 is 1.32 bits per heavy atom. The average Bonchev–Trinajstić information content (AvgIpc) is 3.36. The lowest BCUT2D eigenvalue weighted by atomic mass is 10.0. The van der Waals surface area contributed by atoms with Gasteiger partial charge in [-0.15, -0.1) is 0 Å². The maximum Gasteiger partial charge on any atom is 0.306 e. The van der Waals surface area contributed by atoms with Gasteiger partial charge in [-0.25, -0.2) is 0 Å². The van der Waals surface area contributed by atoms with Crippen molar-refractivity contribution < 1.29 is 37.3 Å². The molecular weight excluding hydrogens is 940 g/mol. The molecule has 0 aromatic carbocycles. The van der Waals surface area contributed by atoms with Crippen LogP contribution in [0, 0.1) is 0 Å². The van der Waals surface area contributed by atoms with Crippen LogP contribution in [-0.4, -0.2) is 69.4 Å².